The fourth-order valence-corrected chi connectivity index (χ4v) is 2.12. The van der Waals surface area contributed by atoms with Gasteiger partial charge < -0.3 is 9.88 Å². The summed E-state index contributed by atoms with van der Waals surface area (Å²) < 4.78 is 2.41. The Kier molecular flexibility index (Phi) is 2.40. The molecule has 0 aliphatic carbocycles. The molecule has 1 fully saturated rings. The Morgan fingerprint density at radius 1 is 1.38 bits per heavy atom. The Bertz CT molecular complexity index is 263. The van der Waals surface area contributed by atoms with Crippen LogP contribution in [0.2, 0.25) is 0 Å². The highest BCUT2D eigenvalue weighted by Gasteiger charge is 2.15. The molecule has 0 aromatic carbocycles. The predicted octanol–water partition coefficient (Wildman–Crippen LogP) is 1.86. The van der Waals surface area contributed by atoms with E-state index in [4.69, 9.17) is 0 Å². The fourth-order valence-electron chi connectivity index (χ4n) is 2.12. The minimum absolute atomic E-state index is 0.699. The summed E-state index contributed by atoms with van der Waals surface area (Å²) in [5.74, 6) is 0. The van der Waals surface area contributed by atoms with E-state index in [0.29, 0.717) is 6.04 Å². The van der Waals surface area contributed by atoms with Crippen molar-refractivity contribution in [3.05, 3.63) is 23.5 Å². The molecule has 1 atom stereocenters. The summed E-state index contributed by atoms with van der Waals surface area (Å²) in [5, 5.41) is 3.53. The lowest BCUT2D eigenvalue weighted by molar-refractivity contribution is 0.498. The summed E-state index contributed by atoms with van der Waals surface area (Å²) in [5.41, 5.74) is 2.76. The largest absolute Gasteiger partial charge is 0.348 e. The van der Waals surface area contributed by atoms with Gasteiger partial charge in [0, 0.05) is 24.0 Å². The molecule has 0 bridgehead atoms. The van der Waals surface area contributed by atoms with Crippen LogP contribution in [0, 0.1) is 13.8 Å². The van der Waals surface area contributed by atoms with Crippen LogP contribution in [0.4, 0.5) is 0 Å². The number of nitrogens with zero attached hydrogens (tertiary/aromatic N) is 1. The summed E-state index contributed by atoms with van der Waals surface area (Å²) in [4.78, 5) is 0. The molecular formula is C11H18N2. The van der Waals surface area contributed by atoms with Crippen LogP contribution in [-0.4, -0.2) is 17.2 Å². The van der Waals surface area contributed by atoms with Crippen LogP contribution >= 0.6 is 0 Å². The average molecular weight is 178 g/mol. The minimum Gasteiger partial charge on any atom is -0.348 e. The van der Waals surface area contributed by atoms with E-state index in [2.05, 4.69) is 35.9 Å². The predicted molar refractivity (Wildman–Crippen MR) is 54.9 cm³/mol. The van der Waals surface area contributed by atoms with Crippen LogP contribution in [0.5, 0.6) is 0 Å². The monoisotopic (exact) mass is 178 g/mol. The molecular weight excluding hydrogens is 160 g/mol. The zero-order valence-corrected chi connectivity index (χ0v) is 8.51. The van der Waals surface area contributed by atoms with Crippen LogP contribution in [-0.2, 0) is 6.54 Å². The van der Waals surface area contributed by atoms with Crippen LogP contribution in [0.25, 0.3) is 0 Å². The molecule has 1 aliphatic rings. The molecule has 1 saturated heterocycles. The van der Waals surface area contributed by atoms with Gasteiger partial charge in [0.25, 0.3) is 0 Å². The summed E-state index contributed by atoms with van der Waals surface area (Å²) in [6.07, 6.45) is 2.67. The molecule has 2 nitrogen and oxygen atoms in total. The third-order valence-corrected chi connectivity index (χ3v) is 2.98. The number of hydrogen-bond donors (Lipinski definition) is 1. The second-order valence-electron chi connectivity index (χ2n) is 4.02. The first-order chi connectivity index (χ1) is 6.27. The number of nitrogens with one attached hydrogen (secondary N) is 1. The summed E-state index contributed by atoms with van der Waals surface area (Å²) >= 11 is 0. The van der Waals surface area contributed by atoms with Crippen molar-refractivity contribution < 1.29 is 0 Å². The minimum atomic E-state index is 0.699. The van der Waals surface area contributed by atoms with Gasteiger partial charge in [-0.3, -0.25) is 0 Å². The van der Waals surface area contributed by atoms with Crippen LogP contribution in [0.15, 0.2) is 12.1 Å². The van der Waals surface area contributed by atoms with Crippen molar-refractivity contribution in [1.82, 2.24) is 9.88 Å². The number of rotatable bonds is 2. The van der Waals surface area contributed by atoms with E-state index in [0.717, 1.165) is 6.54 Å². The van der Waals surface area contributed by atoms with Gasteiger partial charge in [-0.15, -0.1) is 0 Å². The molecule has 13 heavy (non-hydrogen) atoms. The molecule has 0 spiro atoms. The van der Waals surface area contributed by atoms with Gasteiger partial charge in [-0.2, -0.15) is 0 Å². The van der Waals surface area contributed by atoms with Gasteiger partial charge in [-0.1, -0.05) is 0 Å². The van der Waals surface area contributed by atoms with Crippen LogP contribution < -0.4 is 5.32 Å². The van der Waals surface area contributed by atoms with Gasteiger partial charge in [0.05, 0.1) is 0 Å². The molecule has 2 heterocycles. The third-order valence-electron chi connectivity index (χ3n) is 2.98. The lowest BCUT2D eigenvalue weighted by Gasteiger charge is -2.14. The molecule has 1 aromatic rings. The highest BCUT2D eigenvalue weighted by Crippen LogP contribution is 2.12. The second-order valence-corrected chi connectivity index (χ2v) is 4.02. The van der Waals surface area contributed by atoms with Crippen LogP contribution in [0.1, 0.15) is 24.2 Å². The molecule has 0 radical (unpaired) electrons. The quantitative estimate of drug-likeness (QED) is 0.731. The highest BCUT2D eigenvalue weighted by atomic mass is 15.1. The number of hydrogen-bond acceptors (Lipinski definition) is 1. The molecule has 1 aromatic heterocycles. The summed E-state index contributed by atoms with van der Waals surface area (Å²) in [6, 6.07) is 5.10. The summed E-state index contributed by atoms with van der Waals surface area (Å²) in [7, 11) is 0. The van der Waals surface area contributed by atoms with E-state index < -0.39 is 0 Å². The SMILES string of the molecule is Cc1ccc(C)n1CC1CCCN1. The molecule has 72 valence electrons. The van der Waals surface area contributed by atoms with Gasteiger partial charge in [-0.25, -0.2) is 0 Å². The maximum Gasteiger partial charge on any atom is 0.0378 e. The van der Waals surface area contributed by atoms with Gasteiger partial charge in [-0.05, 0) is 45.4 Å². The van der Waals surface area contributed by atoms with Crippen molar-refractivity contribution in [1.29, 1.82) is 0 Å². The topological polar surface area (TPSA) is 17.0 Å². The lowest BCUT2D eigenvalue weighted by Crippen LogP contribution is -2.27. The smallest absolute Gasteiger partial charge is 0.0378 e. The van der Waals surface area contributed by atoms with E-state index in [1.165, 1.54) is 30.8 Å². The fraction of sp³-hybridized carbons (Fsp3) is 0.636. The first kappa shape index (κ1) is 8.82. The van der Waals surface area contributed by atoms with Gasteiger partial charge in [0.15, 0.2) is 0 Å². The third kappa shape index (κ3) is 1.78. The molecule has 0 saturated carbocycles. The zero-order chi connectivity index (χ0) is 9.26. The van der Waals surface area contributed by atoms with Crippen molar-refractivity contribution in [3.8, 4) is 0 Å². The maximum atomic E-state index is 3.53. The van der Waals surface area contributed by atoms with Crippen molar-refractivity contribution in [3.63, 3.8) is 0 Å². The van der Waals surface area contributed by atoms with Gasteiger partial charge in [0.1, 0.15) is 0 Å². The highest BCUT2D eigenvalue weighted by molar-refractivity contribution is 5.13. The Morgan fingerprint density at radius 2 is 2.08 bits per heavy atom. The van der Waals surface area contributed by atoms with E-state index in [9.17, 15) is 0 Å². The molecule has 1 unspecified atom stereocenters. The Balaban J connectivity index is 2.07. The standard InChI is InChI=1S/C11H18N2/c1-9-5-6-10(2)13(9)8-11-4-3-7-12-11/h5-6,11-12H,3-4,7-8H2,1-2H3. The molecule has 1 N–H and O–H groups in total. The zero-order valence-electron chi connectivity index (χ0n) is 8.51. The van der Waals surface area contributed by atoms with E-state index in [1.54, 1.807) is 0 Å². The van der Waals surface area contributed by atoms with Gasteiger partial charge >= 0.3 is 0 Å². The summed E-state index contributed by atoms with van der Waals surface area (Å²) in [6.45, 7) is 6.71. The molecule has 0 amide bonds. The lowest BCUT2D eigenvalue weighted by atomic mass is 10.2. The first-order valence-corrected chi connectivity index (χ1v) is 5.13. The second kappa shape index (κ2) is 3.54. The van der Waals surface area contributed by atoms with Gasteiger partial charge in [0.2, 0.25) is 0 Å². The van der Waals surface area contributed by atoms with Crippen molar-refractivity contribution in [2.45, 2.75) is 39.3 Å². The van der Waals surface area contributed by atoms with Crippen molar-refractivity contribution in [2.75, 3.05) is 6.54 Å². The Morgan fingerprint density at radius 3 is 2.62 bits per heavy atom. The molecule has 1 aliphatic heterocycles. The first-order valence-electron chi connectivity index (χ1n) is 5.13. The van der Waals surface area contributed by atoms with E-state index in [1.807, 2.05) is 0 Å². The van der Waals surface area contributed by atoms with Crippen LogP contribution in [0.3, 0.4) is 0 Å². The molecule has 2 heteroatoms. The molecule has 2 rings (SSSR count). The number of aromatic nitrogens is 1. The van der Waals surface area contributed by atoms with Crippen molar-refractivity contribution >= 4 is 0 Å². The average Bonchev–Trinajstić information content (AvgIpc) is 2.70. The van der Waals surface area contributed by atoms with E-state index >= 15 is 0 Å². The Labute approximate surface area is 79.9 Å². The number of aryl methyl sites for hydroxylation is 2. The maximum absolute atomic E-state index is 3.53. The van der Waals surface area contributed by atoms with E-state index in [-0.39, 0.29) is 0 Å². The van der Waals surface area contributed by atoms with Crippen molar-refractivity contribution in [2.24, 2.45) is 0 Å². The Hall–Kier alpha value is -0.760. The normalized spacial score (nSPS) is 22.5.